The van der Waals surface area contributed by atoms with E-state index in [0.717, 1.165) is 10.9 Å². The highest BCUT2D eigenvalue weighted by Crippen LogP contribution is 2.29. The number of rotatable bonds is 4. The van der Waals surface area contributed by atoms with E-state index in [1.165, 1.54) is 17.3 Å². The Bertz CT molecular complexity index is 853. The van der Waals surface area contributed by atoms with Gasteiger partial charge in [-0.1, -0.05) is 18.2 Å². The molecule has 3 rings (SSSR count). The zero-order chi connectivity index (χ0) is 16.2. The van der Waals surface area contributed by atoms with Crippen LogP contribution >= 0.6 is 0 Å². The average molecular weight is 308 g/mol. The number of amides is 1. The van der Waals surface area contributed by atoms with Gasteiger partial charge in [0.05, 0.1) is 5.39 Å². The molecule has 0 unspecified atom stereocenters. The van der Waals surface area contributed by atoms with Gasteiger partial charge in [0, 0.05) is 31.9 Å². The molecule has 0 bridgehead atoms. The maximum absolute atomic E-state index is 11.7. The van der Waals surface area contributed by atoms with E-state index in [0.29, 0.717) is 17.3 Å². The van der Waals surface area contributed by atoms with Crippen molar-refractivity contribution < 1.29 is 9.53 Å². The third-order valence-corrected chi connectivity index (χ3v) is 3.27. The number of aromatic amines is 1. The molecule has 0 aliphatic rings. The third-order valence-electron chi connectivity index (χ3n) is 3.27. The van der Waals surface area contributed by atoms with Crippen LogP contribution in [-0.4, -0.2) is 39.9 Å². The zero-order valence-corrected chi connectivity index (χ0v) is 12.9. The number of fused-ring (bicyclic) bond motifs is 1. The van der Waals surface area contributed by atoms with Crippen LogP contribution in [0.2, 0.25) is 0 Å². The number of benzene rings is 1. The minimum Gasteiger partial charge on any atom is -0.438 e. The molecule has 3 aromatic rings. The van der Waals surface area contributed by atoms with Crippen molar-refractivity contribution in [1.82, 2.24) is 19.9 Å². The van der Waals surface area contributed by atoms with Crippen LogP contribution < -0.4 is 4.74 Å². The third kappa shape index (κ3) is 3.21. The van der Waals surface area contributed by atoms with Crippen LogP contribution in [0.5, 0.6) is 11.6 Å². The van der Waals surface area contributed by atoms with Crippen LogP contribution in [0.15, 0.2) is 48.9 Å². The van der Waals surface area contributed by atoms with E-state index in [-0.39, 0.29) is 5.91 Å². The molecule has 0 aliphatic carbocycles. The monoisotopic (exact) mass is 308 g/mol. The van der Waals surface area contributed by atoms with Gasteiger partial charge in [0.25, 0.3) is 0 Å². The van der Waals surface area contributed by atoms with E-state index in [4.69, 9.17) is 4.74 Å². The summed E-state index contributed by atoms with van der Waals surface area (Å²) in [4.78, 5) is 24.7. The van der Waals surface area contributed by atoms with Gasteiger partial charge in [0.2, 0.25) is 11.8 Å². The lowest BCUT2D eigenvalue weighted by atomic mass is 10.2. The molecule has 1 N–H and O–H groups in total. The lowest BCUT2D eigenvalue weighted by Crippen LogP contribution is -2.18. The fraction of sp³-hybridized carbons (Fsp3) is 0.118. The minimum absolute atomic E-state index is 0.0956. The predicted molar refractivity (Wildman–Crippen MR) is 88.1 cm³/mol. The Kier molecular flexibility index (Phi) is 4.05. The van der Waals surface area contributed by atoms with Crippen molar-refractivity contribution in [3.63, 3.8) is 0 Å². The Balaban J connectivity index is 1.99. The fourth-order valence-electron chi connectivity index (χ4n) is 2.08. The van der Waals surface area contributed by atoms with E-state index < -0.39 is 0 Å². The summed E-state index contributed by atoms with van der Waals surface area (Å²) in [7, 11) is 3.41. The number of H-pyrrole nitrogens is 1. The zero-order valence-electron chi connectivity index (χ0n) is 12.9. The van der Waals surface area contributed by atoms with Crippen LogP contribution in [-0.2, 0) is 4.79 Å². The molecule has 23 heavy (non-hydrogen) atoms. The normalized spacial score (nSPS) is 11.0. The number of aromatic nitrogens is 3. The first-order chi connectivity index (χ1) is 11.1. The summed E-state index contributed by atoms with van der Waals surface area (Å²) in [6, 6.07) is 9.40. The Hall–Kier alpha value is -3.15. The second-order valence-corrected chi connectivity index (χ2v) is 5.13. The van der Waals surface area contributed by atoms with Crippen molar-refractivity contribution in [3.8, 4) is 11.6 Å². The number of para-hydroxylation sites is 1. The number of carbonyl (C=O) groups excluding carboxylic acids is 1. The van der Waals surface area contributed by atoms with Gasteiger partial charge in [-0.15, -0.1) is 0 Å². The van der Waals surface area contributed by atoms with Gasteiger partial charge in [-0.25, -0.2) is 9.97 Å². The maximum Gasteiger partial charge on any atom is 0.246 e. The molecular formula is C17H16N4O2. The molecule has 1 aromatic carbocycles. The molecule has 6 heteroatoms. The first-order valence-electron chi connectivity index (χ1n) is 7.09. The van der Waals surface area contributed by atoms with Crippen molar-refractivity contribution in [2.75, 3.05) is 14.1 Å². The molecule has 0 radical (unpaired) electrons. The van der Waals surface area contributed by atoms with Crippen molar-refractivity contribution in [2.45, 2.75) is 0 Å². The van der Waals surface area contributed by atoms with E-state index in [1.807, 2.05) is 30.3 Å². The van der Waals surface area contributed by atoms with Gasteiger partial charge in [-0.2, -0.15) is 0 Å². The number of carbonyl (C=O) groups is 1. The quantitative estimate of drug-likeness (QED) is 0.752. The molecule has 0 spiro atoms. The standard InChI is InChI=1S/C17H16N4O2/c1-21(2)14(22)9-8-12-10-18-16-15(12)17(20-11-19-16)23-13-6-4-3-5-7-13/h3-11H,1-2H3,(H,18,19,20)/b9-8+. The summed E-state index contributed by atoms with van der Waals surface area (Å²) in [5.41, 5.74) is 1.45. The second-order valence-electron chi connectivity index (χ2n) is 5.13. The van der Waals surface area contributed by atoms with E-state index in [9.17, 15) is 4.79 Å². The lowest BCUT2D eigenvalue weighted by molar-refractivity contribution is -0.123. The summed E-state index contributed by atoms with van der Waals surface area (Å²) in [5.74, 6) is 1.04. The Labute approximate surface area is 133 Å². The number of nitrogens with one attached hydrogen (secondary N) is 1. The molecular weight excluding hydrogens is 292 g/mol. The molecule has 0 saturated carbocycles. The summed E-state index contributed by atoms with van der Waals surface area (Å²) < 4.78 is 5.84. The molecule has 0 atom stereocenters. The molecule has 6 nitrogen and oxygen atoms in total. The van der Waals surface area contributed by atoms with Gasteiger partial charge >= 0.3 is 0 Å². The molecule has 2 aromatic heterocycles. The summed E-state index contributed by atoms with van der Waals surface area (Å²) in [6.07, 6.45) is 6.44. The topological polar surface area (TPSA) is 71.1 Å². The molecule has 2 heterocycles. The lowest BCUT2D eigenvalue weighted by Gasteiger charge is -2.06. The fourth-order valence-corrected chi connectivity index (χ4v) is 2.08. The van der Waals surface area contributed by atoms with Crippen molar-refractivity contribution in [3.05, 3.63) is 54.5 Å². The number of hydrogen-bond acceptors (Lipinski definition) is 4. The van der Waals surface area contributed by atoms with Gasteiger partial charge in [0.15, 0.2) is 0 Å². The maximum atomic E-state index is 11.7. The van der Waals surface area contributed by atoms with E-state index in [1.54, 1.807) is 26.4 Å². The van der Waals surface area contributed by atoms with Crippen LogP contribution in [0.1, 0.15) is 5.56 Å². The van der Waals surface area contributed by atoms with Crippen LogP contribution in [0.3, 0.4) is 0 Å². The summed E-state index contributed by atoms with van der Waals surface area (Å²) >= 11 is 0. The van der Waals surface area contributed by atoms with Crippen molar-refractivity contribution >= 4 is 23.0 Å². The van der Waals surface area contributed by atoms with Crippen molar-refractivity contribution in [1.29, 1.82) is 0 Å². The summed E-state index contributed by atoms with van der Waals surface area (Å²) in [5, 5.41) is 0.735. The highest BCUT2D eigenvalue weighted by atomic mass is 16.5. The molecule has 1 amide bonds. The van der Waals surface area contributed by atoms with Crippen molar-refractivity contribution in [2.24, 2.45) is 0 Å². The highest BCUT2D eigenvalue weighted by molar-refractivity contribution is 5.96. The minimum atomic E-state index is -0.0956. The summed E-state index contributed by atoms with van der Waals surface area (Å²) in [6.45, 7) is 0. The Morgan fingerprint density at radius 3 is 2.74 bits per heavy atom. The number of hydrogen-bond donors (Lipinski definition) is 1. The molecule has 0 fully saturated rings. The second kappa shape index (κ2) is 6.31. The van der Waals surface area contributed by atoms with E-state index in [2.05, 4.69) is 15.0 Å². The predicted octanol–water partition coefficient (Wildman–Crippen LogP) is 2.85. The highest BCUT2D eigenvalue weighted by Gasteiger charge is 2.12. The first-order valence-corrected chi connectivity index (χ1v) is 7.09. The Morgan fingerprint density at radius 2 is 2.00 bits per heavy atom. The van der Waals surface area contributed by atoms with Crippen LogP contribution in [0, 0.1) is 0 Å². The van der Waals surface area contributed by atoms with Crippen LogP contribution in [0.4, 0.5) is 0 Å². The smallest absolute Gasteiger partial charge is 0.246 e. The SMILES string of the molecule is CN(C)C(=O)/C=C/c1c[nH]c2ncnc(Oc3ccccc3)c12. The van der Waals surface area contributed by atoms with Gasteiger partial charge in [-0.05, 0) is 18.2 Å². The van der Waals surface area contributed by atoms with Gasteiger partial charge < -0.3 is 14.6 Å². The number of likely N-dealkylation sites (N-methyl/N-ethyl adjacent to an activating group) is 1. The largest absolute Gasteiger partial charge is 0.438 e. The average Bonchev–Trinajstić information content (AvgIpc) is 2.98. The molecule has 116 valence electrons. The molecule has 0 aliphatic heterocycles. The Morgan fingerprint density at radius 1 is 1.22 bits per heavy atom. The van der Waals surface area contributed by atoms with Gasteiger partial charge in [-0.3, -0.25) is 4.79 Å². The first kappa shape index (κ1) is 14.8. The number of nitrogens with zero attached hydrogens (tertiary/aromatic N) is 3. The van der Waals surface area contributed by atoms with E-state index >= 15 is 0 Å². The number of ether oxygens (including phenoxy) is 1. The molecule has 0 saturated heterocycles. The van der Waals surface area contributed by atoms with Gasteiger partial charge in [0.1, 0.15) is 17.7 Å². The van der Waals surface area contributed by atoms with Crippen LogP contribution in [0.25, 0.3) is 17.1 Å².